The van der Waals surface area contributed by atoms with Crippen molar-refractivity contribution in [2.45, 2.75) is 103 Å². The summed E-state index contributed by atoms with van der Waals surface area (Å²) in [5.41, 5.74) is -1.64. The van der Waals surface area contributed by atoms with E-state index in [1.165, 1.54) is 0 Å². The van der Waals surface area contributed by atoms with E-state index in [9.17, 15) is 31.1 Å². The maximum absolute atomic E-state index is 13.7. The largest absolute Gasteiger partial charge is 0.444 e. The van der Waals surface area contributed by atoms with Crippen LogP contribution in [0.1, 0.15) is 82.8 Å². The number of piperidine rings is 1. The van der Waals surface area contributed by atoms with Crippen molar-refractivity contribution < 1.29 is 35.9 Å². The van der Waals surface area contributed by atoms with Gasteiger partial charge >= 0.3 is 18.4 Å². The molecule has 1 aliphatic carbocycles. The first-order valence-corrected chi connectivity index (χ1v) is 16.5. The number of likely N-dealkylation sites (tertiary alicyclic amines) is 1. The summed E-state index contributed by atoms with van der Waals surface area (Å²) in [6.07, 6.45) is -0.0344. The zero-order valence-corrected chi connectivity index (χ0v) is 28.1. The monoisotopic (exact) mass is 679 g/mol. The number of hydrogen-bond donors (Lipinski definition) is 0. The van der Waals surface area contributed by atoms with Gasteiger partial charge in [-0.25, -0.2) is 14.8 Å². The Balaban J connectivity index is 1.44. The van der Waals surface area contributed by atoms with Crippen LogP contribution in [-0.2, 0) is 37.0 Å². The molecule has 5 unspecified atom stereocenters. The topological polar surface area (TPSA) is 73.1 Å². The number of carbonyl (C=O) groups is 1. The van der Waals surface area contributed by atoms with Gasteiger partial charge in [0.05, 0.1) is 17.3 Å². The van der Waals surface area contributed by atoms with Crippen LogP contribution in [-0.4, -0.2) is 48.4 Å². The predicted molar refractivity (Wildman–Crippen MR) is 168 cm³/mol. The van der Waals surface area contributed by atoms with Gasteiger partial charge in [-0.3, -0.25) is 4.68 Å². The quantitative estimate of drug-likeness (QED) is 0.223. The predicted octanol–water partition coefficient (Wildman–Crippen LogP) is 8.77. The fourth-order valence-corrected chi connectivity index (χ4v) is 7.52. The van der Waals surface area contributed by atoms with Crippen molar-refractivity contribution in [1.29, 1.82) is 0 Å². The number of aryl methyl sites for hydroxylation is 1. The molecule has 48 heavy (non-hydrogen) atoms. The molecule has 0 spiro atoms. The minimum Gasteiger partial charge on any atom is -0.444 e. The van der Waals surface area contributed by atoms with Crippen molar-refractivity contribution in [3.8, 4) is 11.1 Å². The van der Waals surface area contributed by atoms with E-state index in [0.29, 0.717) is 37.9 Å². The smallest absolute Gasteiger partial charge is 0.416 e. The maximum atomic E-state index is 13.7. The van der Waals surface area contributed by atoms with Gasteiger partial charge in [-0.1, -0.05) is 13.8 Å². The Morgan fingerprint density at radius 1 is 0.833 bits per heavy atom. The van der Waals surface area contributed by atoms with E-state index in [1.807, 2.05) is 45.7 Å². The van der Waals surface area contributed by atoms with Gasteiger partial charge in [0, 0.05) is 55.3 Å². The maximum Gasteiger partial charge on any atom is 0.416 e. The lowest BCUT2D eigenvalue weighted by Gasteiger charge is -2.45. The number of halogens is 6. The van der Waals surface area contributed by atoms with Gasteiger partial charge < -0.3 is 9.64 Å². The molecular weight excluding hydrogens is 636 g/mol. The number of aromatic nitrogens is 4. The van der Waals surface area contributed by atoms with Crippen molar-refractivity contribution in [1.82, 2.24) is 24.6 Å². The highest BCUT2D eigenvalue weighted by Crippen LogP contribution is 2.58. The molecule has 1 amide bonds. The Kier molecular flexibility index (Phi) is 9.91. The summed E-state index contributed by atoms with van der Waals surface area (Å²) in [6, 6.07) is 1.65. The first-order valence-electron chi connectivity index (χ1n) is 16.5. The SMILES string of the molecule is CCC1CC(C2C(Cc3cc(C(F)(F)F)cc(C(F)(F)F)c3)C2Cc2ncc(-c3cnn(C)c3)cn2)C[C@@H](CC)N1C(=O)OC(C)(C)C. The molecule has 0 N–H and O–H groups in total. The number of nitrogens with zero attached hydrogens (tertiary/aromatic N) is 5. The van der Waals surface area contributed by atoms with E-state index in [-0.39, 0.29) is 59.9 Å². The standard InChI is InChI=1S/C35H43F6N5O2/c1-7-26-12-21(13-27(8-2)46(26)32(47)48-33(3,4)5)31-28(11-20-9-24(34(36,37)38)14-25(10-20)35(39,40)41)29(31)15-30-42-16-22(17-43-30)23-18-44-45(6)19-23/h9-10,14,16-19,21,26-29,31H,7-8,11-13,15H2,1-6H3/t21?,26-,27?,28?,29?,31?/m1/s1. The Morgan fingerprint density at radius 3 is 1.83 bits per heavy atom. The number of rotatable bonds is 8. The molecule has 13 heteroatoms. The lowest BCUT2D eigenvalue weighted by atomic mass is 9.80. The summed E-state index contributed by atoms with van der Waals surface area (Å²) in [4.78, 5) is 24.3. The number of hydrogen-bond acceptors (Lipinski definition) is 5. The lowest BCUT2D eigenvalue weighted by Crippen LogP contribution is -2.53. The van der Waals surface area contributed by atoms with Crippen molar-refractivity contribution >= 4 is 6.09 Å². The molecule has 1 saturated heterocycles. The van der Waals surface area contributed by atoms with Crippen LogP contribution >= 0.6 is 0 Å². The highest BCUT2D eigenvalue weighted by molar-refractivity contribution is 5.69. The van der Waals surface area contributed by atoms with Gasteiger partial charge in [-0.2, -0.15) is 31.4 Å². The third-order valence-electron chi connectivity index (χ3n) is 9.71. The molecule has 262 valence electrons. The molecule has 2 fully saturated rings. The second-order valence-corrected chi connectivity index (χ2v) is 14.3. The van der Waals surface area contributed by atoms with Crippen molar-refractivity contribution in [2.75, 3.05) is 0 Å². The molecule has 2 aromatic heterocycles. The Hall–Kier alpha value is -3.64. The van der Waals surface area contributed by atoms with Crippen LogP contribution < -0.4 is 0 Å². The fraction of sp³-hybridized carbons (Fsp3) is 0.600. The number of amides is 1. The third-order valence-corrected chi connectivity index (χ3v) is 9.71. The number of ether oxygens (including phenoxy) is 1. The Labute approximate surface area is 277 Å². The van der Waals surface area contributed by atoms with E-state index in [2.05, 4.69) is 15.1 Å². The van der Waals surface area contributed by atoms with Crippen LogP contribution in [0.25, 0.3) is 11.1 Å². The van der Waals surface area contributed by atoms with E-state index in [1.54, 1.807) is 30.3 Å². The summed E-state index contributed by atoms with van der Waals surface area (Å²) in [5, 5.41) is 4.18. The Bertz CT molecular complexity index is 1530. The van der Waals surface area contributed by atoms with Crippen LogP contribution in [0, 0.1) is 23.7 Å². The average molecular weight is 680 g/mol. The molecule has 1 aliphatic heterocycles. The third kappa shape index (κ3) is 8.14. The molecule has 7 nitrogen and oxygen atoms in total. The zero-order chi connectivity index (χ0) is 35.2. The molecule has 6 atom stereocenters. The summed E-state index contributed by atoms with van der Waals surface area (Å²) in [6.45, 7) is 9.49. The van der Waals surface area contributed by atoms with Crippen LogP contribution in [0.15, 0.2) is 43.0 Å². The summed E-state index contributed by atoms with van der Waals surface area (Å²) in [7, 11) is 1.80. The first kappa shape index (κ1) is 35.7. The number of alkyl halides is 6. The molecule has 3 aromatic rings. The molecule has 0 bridgehead atoms. The van der Waals surface area contributed by atoms with Crippen LogP contribution in [0.3, 0.4) is 0 Å². The molecule has 0 radical (unpaired) electrons. The average Bonchev–Trinajstić information content (AvgIpc) is 3.46. The van der Waals surface area contributed by atoms with Gasteiger partial charge in [0.2, 0.25) is 0 Å². The molecule has 3 heterocycles. The van der Waals surface area contributed by atoms with Crippen molar-refractivity contribution in [3.05, 3.63) is 65.5 Å². The van der Waals surface area contributed by atoms with Crippen LogP contribution in [0.2, 0.25) is 0 Å². The Morgan fingerprint density at radius 2 is 1.38 bits per heavy atom. The molecule has 1 aromatic carbocycles. The minimum absolute atomic E-state index is 0.00719. The lowest BCUT2D eigenvalue weighted by molar-refractivity contribution is -0.143. The first-order chi connectivity index (χ1) is 22.4. The highest BCUT2D eigenvalue weighted by atomic mass is 19.4. The van der Waals surface area contributed by atoms with E-state index >= 15 is 0 Å². The van der Waals surface area contributed by atoms with E-state index in [0.717, 1.165) is 23.3 Å². The molecule has 2 aliphatic rings. The highest BCUT2D eigenvalue weighted by Gasteiger charge is 2.56. The van der Waals surface area contributed by atoms with Gasteiger partial charge in [-0.05, 0) is 100 Å². The second-order valence-electron chi connectivity index (χ2n) is 14.3. The number of benzene rings is 1. The van der Waals surface area contributed by atoms with E-state index < -0.39 is 29.1 Å². The summed E-state index contributed by atoms with van der Waals surface area (Å²) >= 11 is 0. The van der Waals surface area contributed by atoms with Crippen molar-refractivity contribution in [3.63, 3.8) is 0 Å². The fourth-order valence-electron chi connectivity index (χ4n) is 7.52. The van der Waals surface area contributed by atoms with Crippen LogP contribution in [0.5, 0.6) is 0 Å². The van der Waals surface area contributed by atoms with Crippen LogP contribution in [0.4, 0.5) is 31.1 Å². The van der Waals surface area contributed by atoms with Gasteiger partial charge in [-0.15, -0.1) is 0 Å². The summed E-state index contributed by atoms with van der Waals surface area (Å²) < 4.78 is 89.7. The molecular formula is C35H43F6N5O2. The van der Waals surface area contributed by atoms with Crippen molar-refractivity contribution in [2.24, 2.45) is 30.7 Å². The summed E-state index contributed by atoms with van der Waals surface area (Å²) in [5.74, 6) is 0.455. The molecule has 1 saturated carbocycles. The van der Waals surface area contributed by atoms with Gasteiger partial charge in [0.15, 0.2) is 0 Å². The second kappa shape index (κ2) is 13.3. The number of carbonyl (C=O) groups excluding carboxylic acids is 1. The zero-order valence-electron chi connectivity index (χ0n) is 28.1. The van der Waals surface area contributed by atoms with E-state index in [4.69, 9.17) is 4.74 Å². The normalized spacial score (nSPS) is 24.9. The molecule has 5 rings (SSSR count). The minimum atomic E-state index is -4.92. The van der Waals surface area contributed by atoms with Gasteiger partial charge in [0.1, 0.15) is 11.4 Å². The van der Waals surface area contributed by atoms with Gasteiger partial charge in [0.25, 0.3) is 0 Å².